The molecule has 5 heterocycles. The zero-order chi connectivity index (χ0) is 31.5. The molecule has 3 aromatic rings. The molecular weight excluding hydrogens is 602 g/mol. The first-order valence-corrected chi connectivity index (χ1v) is 18.9. The predicted octanol–water partition coefficient (Wildman–Crippen LogP) is 3.92. The lowest BCUT2D eigenvalue weighted by Gasteiger charge is -2.41. The second-order valence-corrected chi connectivity index (χ2v) is 15.2. The molecule has 1 N–H and O–H groups in total. The van der Waals surface area contributed by atoms with Gasteiger partial charge in [0, 0.05) is 38.1 Å². The van der Waals surface area contributed by atoms with E-state index in [-0.39, 0.29) is 11.4 Å². The normalized spacial score (nSPS) is 21.0. The van der Waals surface area contributed by atoms with E-state index in [2.05, 4.69) is 19.4 Å². The monoisotopic (exact) mass is 649 g/mol. The molecule has 3 saturated heterocycles. The predicted molar refractivity (Wildman–Crippen MR) is 179 cm³/mol. The van der Waals surface area contributed by atoms with Gasteiger partial charge in [0.15, 0.2) is 5.65 Å². The first-order valence-electron chi connectivity index (χ1n) is 17.3. The van der Waals surface area contributed by atoms with Crippen LogP contribution in [0.4, 0.5) is 5.69 Å². The third kappa shape index (κ3) is 6.95. The molecule has 0 atom stereocenters. The number of ether oxygens (including phenoxy) is 1. The fourth-order valence-electron chi connectivity index (χ4n) is 7.51. The molecule has 1 aliphatic carbocycles. The van der Waals surface area contributed by atoms with Crippen molar-refractivity contribution in [2.45, 2.75) is 69.7 Å². The Kier molecular flexibility index (Phi) is 9.58. The van der Waals surface area contributed by atoms with Crippen molar-refractivity contribution in [2.75, 3.05) is 69.7 Å². The summed E-state index contributed by atoms with van der Waals surface area (Å²) < 4.78 is 35.7. The molecule has 0 spiro atoms. The lowest BCUT2D eigenvalue weighted by atomic mass is 9.82. The van der Waals surface area contributed by atoms with Crippen LogP contribution in [0.5, 0.6) is 0 Å². The standard InChI is InChI=1S/C34H47N7O4S/c42-34(37-46(43,44)24-8-15-38-20-22-45-23-21-38)29-25-30(40-18-13-27(14-19-40)39-16-5-2-6-17-39)31-32(26-9-7-10-26)36-41(33(31)35-29)28-11-3-1-4-12-28/h1,3-4,11-12,25-27H,2,5-10,13-24H2,(H,37,42). The number of sulfonamides is 1. The first-order chi connectivity index (χ1) is 22.4. The minimum atomic E-state index is -3.84. The molecule has 0 radical (unpaired) electrons. The fraction of sp³-hybridized carbons (Fsp3) is 0.618. The number of rotatable bonds is 10. The van der Waals surface area contributed by atoms with Crippen LogP contribution in [-0.2, 0) is 14.8 Å². The molecule has 1 amide bonds. The summed E-state index contributed by atoms with van der Waals surface area (Å²) in [6, 6.07) is 12.3. The number of anilines is 1. The molecule has 4 aliphatic rings. The van der Waals surface area contributed by atoms with Crippen LogP contribution in [-0.4, -0.2) is 110 Å². The average Bonchev–Trinajstić information content (AvgIpc) is 3.43. The third-order valence-electron chi connectivity index (χ3n) is 10.3. The molecule has 46 heavy (non-hydrogen) atoms. The minimum absolute atomic E-state index is 0.106. The summed E-state index contributed by atoms with van der Waals surface area (Å²) in [5.41, 5.74) is 3.57. The van der Waals surface area contributed by atoms with Gasteiger partial charge < -0.3 is 14.5 Å². The Morgan fingerprint density at radius 1 is 0.913 bits per heavy atom. The van der Waals surface area contributed by atoms with Crippen LogP contribution in [0.2, 0.25) is 0 Å². The Bertz CT molecular complexity index is 1610. The van der Waals surface area contributed by atoms with Gasteiger partial charge >= 0.3 is 0 Å². The number of nitrogens with zero attached hydrogens (tertiary/aromatic N) is 6. The van der Waals surface area contributed by atoms with Gasteiger partial charge in [-0.25, -0.2) is 22.8 Å². The zero-order valence-corrected chi connectivity index (χ0v) is 27.6. The molecule has 12 heteroatoms. The highest BCUT2D eigenvalue weighted by Gasteiger charge is 2.33. The number of carbonyl (C=O) groups excluding carboxylic acids is 1. The van der Waals surface area contributed by atoms with E-state index in [0.717, 1.165) is 74.3 Å². The average molecular weight is 650 g/mol. The largest absolute Gasteiger partial charge is 0.379 e. The van der Waals surface area contributed by atoms with Gasteiger partial charge in [-0.1, -0.05) is 31.0 Å². The summed E-state index contributed by atoms with van der Waals surface area (Å²) in [5, 5.41) is 6.14. The number of pyridine rings is 1. The molecule has 0 unspecified atom stereocenters. The van der Waals surface area contributed by atoms with Gasteiger partial charge in [0.1, 0.15) is 5.69 Å². The Balaban J connectivity index is 1.19. The highest BCUT2D eigenvalue weighted by Crippen LogP contribution is 2.43. The summed E-state index contributed by atoms with van der Waals surface area (Å²) in [4.78, 5) is 25.8. The van der Waals surface area contributed by atoms with Gasteiger partial charge in [-0.05, 0) is 82.8 Å². The number of piperidine rings is 2. The van der Waals surface area contributed by atoms with Gasteiger partial charge in [0.2, 0.25) is 10.0 Å². The summed E-state index contributed by atoms with van der Waals surface area (Å²) in [6.07, 6.45) is 9.81. The Morgan fingerprint density at radius 3 is 2.35 bits per heavy atom. The van der Waals surface area contributed by atoms with Crippen molar-refractivity contribution in [1.82, 2.24) is 29.3 Å². The molecule has 4 fully saturated rings. The number of fused-ring (bicyclic) bond motifs is 1. The molecule has 3 aliphatic heterocycles. The molecule has 1 saturated carbocycles. The number of carbonyl (C=O) groups is 1. The van der Waals surface area contributed by atoms with Crippen LogP contribution >= 0.6 is 0 Å². The smallest absolute Gasteiger partial charge is 0.283 e. The van der Waals surface area contributed by atoms with E-state index in [4.69, 9.17) is 14.8 Å². The number of hydrogen-bond acceptors (Lipinski definition) is 9. The maximum atomic E-state index is 13.7. The van der Waals surface area contributed by atoms with Crippen LogP contribution in [0, 0.1) is 0 Å². The van der Waals surface area contributed by atoms with E-state index < -0.39 is 15.9 Å². The van der Waals surface area contributed by atoms with Crippen LogP contribution in [0.25, 0.3) is 16.7 Å². The minimum Gasteiger partial charge on any atom is -0.379 e. The lowest BCUT2D eigenvalue weighted by molar-refractivity contribution is 0.0381. The van der Waals surface area contributed by atoms with Crippen molar-refractivity contribution in [3.8, 4) is 5.69 Å². The Labute approximate surface area is 272 Å². The fourth-order valence-corrected chi connectivity index (χ4v) is 8.51. The number of para-hydroxylation sites is 1. The summed E-state index contributed by atoms with van der Waals surface area (Å²) in [5.74, 6) is -0.461. The van der Waals surface area contributed by atoms with E-state index in [9.17, 15) is 13.2 Å². The van der Waals surface area contributed by atoms with Crippen LogP contribution in [0.3, 0.4) is 0 Å². The lowest BCUT2D eigenvalue weighted by Crippen LogP contribution is -2.46. The summed E-state index contributed by atoms with van der Waals surface area (Å²) in [6.45, 7) is 7.70. The number of likely N-dealkylation sites (tertiary alicyclic amines) is 1. The molecule has 7 rings (SSSR count). The van der Waals surface area contributed by atoms with Crippen molar-refractivity contribution in [3.63, 3.8) is 0 Å². The van der Waals surface area contributed by atoms with Gasteiger partial charge in [-0.15, -0.1) is 0 Å². The number of benzene rings is 1. The SMILES string of the molecule is O=C(NS(=O)(=O)CCCN1CCOCC1)c1cc(N2CCC(N3CCCCC3)CC2)c2c(C3CCC3)nn(-c3ccccc3)c2n1. The third-order valence-corrected chi connectivity index (χ3v) is 11.6. The molecule has 11 nitrogen and oxygen atoms in total. The second-order valence-electron chi connectivity index (χ2n) is 13.4. The van der Waals surface area contributed by atoms with Crippen molar-refractivity contribution in [3.05, 3.63) is 47.8 Å². The maximum absolute atomic E-state index is 13.7. The van der Waals surface area contributed by atoms with Crippen molar-refractivity contribution in [1.29, 1.82) is 0 Å². The van der Waals surface area contributed by atoms with Gasteiger partial charge in [-0.2, -0.15) is 5.10 Å². The second kappa shape index (κ2) is 14.0. The molecule has 2 aromatic heterocycles. The maximum Gasteiger partial charge on any atom is 0.283 e. The van der Waals surface area contributed by atoms with E-state index in [1.807, 2.05) is 41.1 Å². The number of aromatic nitrogens is 3. The van der Waals surface area contributed by atoms with Crippen LogP contribution in [0.1, 0.15) is 79.9 Å². The topological polar surface area (TPSA) is 113 Å². The van der Waals surface area contributed by atoms with Crippen molar-refractivity contribution in [2.24, 2.45) is 0 Å². The van der Waals surface area contributed by atoms with Crippen LogP contribution < -0.4 is 9.62 Å². The Morgan fingerprint density at radius 2 is 1.65 bits per heavy atom. The number of hydrogen-bond donors (Lipinski definition) is 1. The molecular formula is C34H47N7O4S. The quantitative estimate of drug-likeness (QED) is 0.349. The van der Waals surface area contributed by atoms with Gasteiger partial charge in [0.25, 0.3) is 5.91 Å². The molecule has 248 valence electrons. The van der Waals surface area contributed by atoms with E-state index in [0.29, 0.717) is 43.8 Å². The zero-order valence-electron chi connectivity index (χ0n) is 26.8. The number of amides is 1. The van der Waals surface area contributed by atoms with E-state index in [1.54, 1.807) is 0 Å². The van der Waals surface area contributed by atoms with Crippen molar-refractivity contribution >= 4 is 32.7 Å². The van der Waals surface area contributed by atoms with Crippen molar-refractivity contribution < 1.29 is 17.9 Å². The first kappa shape index (κ1) is 31.5. The Hall–Kier alpha value is -3.06. The van der Waals surface area contributed by atoms with E-state index >= 15 is 0 Å². The van der Waals surface area contributed by atoms with Gasteiger partial charge in [0.05, 0.1) is 41.4 Å². The molecule has 0 bridgehead atoms. The summed E-state index contributed by atoms with van der Waals surface area (Å²) in [7, 11) is -3.84. The summed E-state index contributed by atoms with van der Waals surface area (Å²) >= 11 is 0. The van der Waals surface area contributed by atoms with Gasteiger partial charge in [-0.3, -0.25) is 9.69 Å². The number of morpholine rings is 1. The highest BCUT2D eigenvalue weighted by atomic mass is 32.2. The van der Waals surface area contributed by atoms with E-state index in [1.165, 1.54) is 38.8 Å². The molecule has 1 aromatic carbocycles. The highest BCUT2D eigenvalue weighted by molar-refractivity contribution is 7.90. The van der Waals surface area contributed by atoms with Crippen LogP contribution in [0.15, 0.2) is 36.4 Å². The number of nitrogens with one attached hydrogen (secondary N) is 1.